The summed E-state index contributed by atoms with van der Waals surface area (Å²) in [6.45, 7) is 16.3. The van der Waals surface area contributed by atoms with E-state index in [1.807, 2.05) is 0 Å². The second-order valence-corrected chi connectivity index (χ2v) is 7.58. The maximum absolute atomic E-state index is 5.52. The molecule has 0 amide bonds. The van der Waals surface area contributed by atoms with Crippen molar-refractivity contribution < 1.29 is 37.9 Å². The lowest BCUT2D eigenvalue weighted by Crippen LogP contribution is -2.15. The van der Waals surface area contributed by atoms with Crippen molar-refractivity contribution in [3.05, 3.63) is 0 Å². The van der Waals surface area contributed by atoms with Gasteiger partial charge in [-0.1, -0.05) is 40.0 Å². The first kappa shape index (κ1) is 31.7. The first-order valence-electron chi connectivity index (χ1n) is 12.4. The minimum absolute atomic E-state index is 0.550. The van der Waals surface area contributed by atoms with Gasteiger partial charge in [0, 0.05) is 13.2 Å². The van der Waals surface area contributed by atoms with Gasteiger partial charge in [0.1, 0.15) is 0 Å². The molecule has 0 aromatic heterocycles. The van der Waals surface area contributed by atoms with Crippen molar-refractivity contribution in [2.45, 2.75) is 46.5 Å². The van der Waals surface area contributed by atoms with Crippen LogP contribution < -0.4 is 0 Å². The fraction of sp³-hybridized carbons (Fsp3) is 1.00. The molecule has 0 saturated carbocycles. The molecule has 0 aliphatic carbocycles. The topological polar surface area (TPSA) is 73.8 Å². The highest BCUT2D eigenvalue weighted by molar-refractivity contribution is 4.46. The summed E-state index contributed by atoms with van der Waals surface area (Å²) in [6, 6.07) is 0. The van der Waals surface area contributed by atoms with Gasteiger partial charge in [0.05, 0.1) is 92.5 Å². The SMILES string of the molecule is CCCCCOCCOCCOCCOCCOCCOCCOCCOCC(C)CC. The Labute approximate surface area is 196 Å². The van der Waals surface area contributed by atoms with Crippen molar-refractivity contribution in [3.63, 3.8) is 0 Å². The normalized spacial score (nSPS) is 12.5. The minimum Gasteiger partial charge on any atom is -0.379 e. The third-order valence-electron chi connectivity index (χ3n) is 4.60. The van der Waals surface area contributed by atoms with E-state index in [1.165, 1.54) is 12.8 Å². The molecule has 0 N–H and O–H groups in total. The van der Waals surface area contributed by atoms with Gasteiger partial charge in [-0.3, -0.25) is 0 Å². The van der Waals surface area contributed by atoms with Crippen LogP contribution in [0.4, 0.5) is 0 Å². The lowest BCUT2D eigenvalue weighted by molar-refractivity contribution is -0.0238. The van der Waals surface area contributed by atoms with E-state index in [-0.39, 0.29) is 0 Å². The number of rotatable bonds is 28. The molecule has 0 spiro atoms. The van der Waals surface area contributed by atoms with E-state index >= 15 is 0 Å². The van der Waals surface area contributed by atoms with Crippen LogP contribution in [0.3, 0.4) is 0 Å². The van der Waals surface area contributed by atoms with Crippen molar-refractivity contribution >= 4 is 0 Å². The number of hydrogen-bond acceptors (Lipinski definition) is 8. The Balaban J connectivity index is 3.01. The Kier molecular flexibility index (Phi) is 28.4. The monoisotopic (exact) mass is 466 g/mol. The molecular formula is C24H50O8. The highest BCUT2D eigenvalue weighted by Gasteiger charge is 1.98. The van der Waals surface area contributed by atoms with Gasteiger partial charge in [0.25, 0.3) is 0 Å². The van der Waals surface area contributed by atoms with E-state index in [0.29, 0.717) is 98.4 Å². The molecule has 0 aliphatic rings. The van der Waals surface area contributed by atoms with Crippen LogP contribution in [0.2, 0.25) is 0 Å². The maximum Gasteiger partial charge on any atom is 0.0701 e. The van der Waals surface area contributed by atoms with E-state index < -0.39 is 0 Å². The minimum atomic E-state index is 0.550. The molecule has 0 aromatic carbocycles. The average Bonchev–Trinajstić information content (AvgIpc) is 2.81. The van der Waals surface area contributed by atoms with Gasteiger partial charge in [-0.2, -0.15) is 0 Å². The largest absolute Gasteiger partial charge is 0.379 e. The molecule has 0 heterocycles. The summed E-state index contributed by atoms with van der Waals surface area (Å²) < 4.78 is 43.7. The molecule has 0 aliphatic heterocycles. The number of ether oxygens (including phenoxy) is 8. The van der Waals surface area contributed by atoms with Crippen LogP contribution in [0.15, 0.2) is 0 Å². The number of unbranched alkanes of at least 4 members (excludes halogenated alkanes) is 2. The van der Waals surface area contributed by atoms with Crippen LogP contribution in [-0.4, -0.2) is 106 Å². The molecule has 194 valence electrons. The first-order chi connectivity index (χ1) is 15.8. The van der Waals surface area contributed by atoms with E-state index in [9.17, 15) is 0 Å². The summed E-state index contributed by atoms with van der Waals surface area (Å²) in [6.07, 6.45) is 4.71. The molecule has 0 fully saturated rings. The average molecular weight is 467 g/mol. The molecule has 32 heavy (non-hydrogen) atoms. The zero-order valence-electron chi connectivity index (χ0n) is 21.0. The third-order valence-corrected chi connectivity index (χ3v) is 4.60. The van der Waals surface area contributed by atoms with Gasteiger partial charge in [0.15, 0.2) is 0 Å². The quantitative estimate of drug-likeness (QED) is 0.163. The highest BCUT2D eigenvalue weighted by atomic mass is 16.6. The molecule has 0 aromatic rings. The molecule has 1 unspecified atom stereocenters. The summed E-state index contributed by atoms with van der Waals surface area (Å²) in [4.78, 5) is 0. The van der Waals surface area contributed by atoms with Gasteiger partial charge in [-0.15, -0.1) is 0 Å². The lowest BCUT2D eigenvalue weighted by Gasteiger charge is -2.10. The Morgan fingerprint density at radius 1 is 0.406 bits per heavy atom. The summed E-state index contributed by atoms with van der Waals surface area (Å²) in [5, 5.41) is 0. The Bertz CT molecular complexity index is 333. The van der Waals surface area contributed by atoms with Gasteiger partial charge in [-0.25, -0.2) is 0 Å². The summed E-state index contributed by atoms with van der Waals surface area (Å²) in [7, 11) is 0. The van der Waals surface area contributed by atoms with Crippen LogP contribution in [0.25, 0.3) is 0 Å². The van der Waals surface area contributed by atoms with Crippen molar-refractivity contribution in [2.75, 3.05) is 106 Å². The standard InChI is InChI=1S/C24H50O8/c1-4-6-7-8-25-9-10-26-11-12-27-13-14-28-15-16-29-17-18-30-19-20-31-21-22-32-23-24(3)5-2/h24H,4-23H2,1-3H3. The second-order valence-electron chi connectivity index (χ2n) is 7.58. The first-order valence-corrected chi connectivity index (χ1v) is 12.4. The fourth-order valence-electron chi connectivity index (χ4n) is 2.40. The zero-order chi connectivity index (χ0) is 23.4. The summed E-state index contributed by atoms with van der Waals surface area (Å²) in [5.41, 5.74) is 0. The van der Waals surface area contributed by atoms with E-state index in [1.54, 1.807) is 0 Å². The predicted molar refractivity (Wildman–Crippen MR) is 126 cm³/mol. The van der Waals surface area contributed by atoms with Crippen LogP contribution in [0.1, 0.15) is 46.5 Å². The zero-order valence-corrected chi connectivity index (χ0v) is 21.0. The number of hydrogen-bond donors (Lipinski definition) is 0. The fourth-order valence-corrected chi connectivity index (χ4v) is 2.40. The van der Waals surface area contributed by atoms with Crippen LogP contribution >= 0.6 is 0 Å². The summed E-state index contributed by atoms with van der Waals surface area (Å²) in [5.74, 6) is 0.609. The van der Waals surface area contributed by atoms with Crippen molar-refractivity contribution in [2.24, 2.45) is 5.92 Å². The van der Waals surface area contributed by atoms with Crippen LogP contribution in [0, 0.1) is 5.92 Å². The van der Waals surface area contributed by atoms with Crippen LogP contribution in [-0.2, 0) is 37.9 Å². The van der Waals surface area contributed by atoms with Crippen LogP contribution in [0.5, 0.6) is 0 Å². The molecular weight excluding hydrogens is 416 g/mol. The Hall–Kier alpha value is -0.320. The third kappa shape index (κ3) is 27.7. The molecule has 0 radical (unpaired) electrons. The predicted octanol–water partition coefficient (Wildman–Crippen LogP) is 3.36. The highest BCUT2D eigenvalue weighted by Crippen LogP contribution is 2.00. The molecule has 0 saturated heterocycles. The molecule has 0 rings (SSSR count). The Morgan fingerprint density at radius 2 is 0.719 bits per heavy atom. The second kappa shape index (κ2) is 28.7. The van der Waals surface area contributed by atoms with Gasteiger partial charge in [-0.05, 0) is 12.3 Å². The van der Waals surface area contributed by atoms with E-state index in [0.717, 1.165) is 26.1 Å². The van der Waals surface area contributed by atoms with Crippen molar-refractivity contribution in [1.82, 2.24) is 0 Å². The van der Waals surface area contributed by atoms with E-state index in [2.05, 4.69) is 20.8 Å². The molecule has 1 atom stereocenters. The van der Waals surface area contributed by atoms with E-state index in [4.69, 9.17) is 37.9 Å². The lowest BCUT2D eigenvalue weighted by atomic mass is 10.1. The van der Waals surface area contributed by atoms with Gasteiger partial charge >= 0.3 is 0 Å². The molecule has 8 heteroatoms. The molecule has 0 bridgehead atoms. The maximum atomic E-state index is 5.52. The Morgan fingerprint density at radius 3 is 1.03 bits per heavy atom. The molecule has 8 nitrogen and oxygen atoms in total. The van der Waals surface area contributed by atoms with Gasteiger partial charge in [0.2, 0.25) is 0 Å². The summed E-state index contributed by atoms with van der Waals surface area (Å²) >= 11 is 0. The van der Waals surface area contributed by atoms with Crippen molar-refractivity contribution in [3.8, 4) is 0 Å². The van der Waals surface area contributed by atoms with Gasteiger partial charge < -0.3 is 37.9 Å². The smallest absolute Gasteiger partial charge is 0.0701 e. The van der Waals surface area contributed by atoms with Crippen molar-refractivity contribution in [1.29, 1.82) is 0 Å².